The zero-order chi connectivity index (χ0) is 12.3. The van der Waals surface area contributed by atoms with Gasteiger partial charge in [0.15, 0.2) is 0 Å². The van der Waals surface area contributed by atoms with Crippen molar-refractivity contribution in [3.63, 3.8) is 0 Å². The molecule has 1 heterocycles. The van der Waals surface area contributed by atoms with Gasteiger partial charge in [-0.2, -0.15) is 0 Å². The van der Waals surface area contributed by atoms with Crippen molar-refractivity contribution in [3.8, 4) is 10.4 Å². The quantitative estimate of drug-likeness (QED) is 0.831. The van der Waals surface area contributed by atoms with Crippen LogP contribution in [0, 0.1) is 0 Å². The molecule has 0 fully saturated rings. The Morgan fingerprint density at radius 2 is 1.88 bits per heavy atom. The largest absolute Gasteiger partial charge is 0.478 e. The van der Waals surface area contributed by atoms with E-state index in [0.717, 1.165) is 15.3 Å². The molecule has 0 atom stereocenters. The first kappa shape index (κ1) is 11.6. The highest BCUT2D eigenvalue weighted by molar-refractivity contribution is 7.16. The Labute approximate surface area is 104 Å². The van der Waals surface area contributed by atoms with Crippen molar-refractivity contribution in [2.24, 2.45) is 0 Å². The number of benzene rings is 1. The van der Waals surface area contributed by atoms with E-state index < -0.39 is 5.97 Å². The maximum absolute atomic E-state index is 10.7. The van der Waals surface area contributed by atoms with E-state index in [2.05, 4.69) is 0 Å². The van der Waals surface area contributed by atoms with Gasteiger partial charge in [-0.05, 0) is 30.7 Å². The van der Waals surface area contributed by atoms with E-state index in [1.165, 1.54) is 0 Å². The molecule has 3 heteroatoms. The molecule has 0 bridgehead atoms. The van der Waals surface area contributed by atoms with Gasteiger partial charge in [-0.3, -0.25) is 0 Å². The highest BCUT2D eigenvalue weighted by Gasteiger charge is 2.03. The van der Waals surface area contributed by atoms with Gasteiger partial charge in [-0.25, -0.2) is 4.79 Å². The number of carboxylic acids is 1. The third-order valence-electron chi connectivity index (χ3n) is 2.38. The monoisotopic (exact) mass is 244 g/mol. The van der Waals surface area contributed by atoms with Crippen molar-refractivity contribution < 1.29 is 9.90 Å². The second-order valence-corrected chi connectivity index (χ2v) is 4.82. The molecule has 0 aliphatic rings. The third kappa shape index (κ3) is 2.82. The lowest BCUT2D eigenvalue weighted by molar-refractivity contribution is -0.132. The number of hydrogen-bond donors (Lipinski definition) is 1. The average Bonchev–Trinajstić information content (AvgIpc) is 2.78. The molecule has 2 rings (SSSR count). The summed E-state index contributed by atoms with van der Waals surface area (Å²) in [7, 11) is 0. The number of hydrogen-bond acceptors (Lipinski definition) is 2. The minimum atomic E-state index is -0.875. The van der Waals surface area contributed by atoms with Crippen LogP contribution in [0.15, 0.2) is 48.0 Å². The van der Waals surface area contributed by atoms with Gasteiger partial charge in [0.2, 0.25) is 0 Å². The Morgan fingerprint density at radius 1 is 1.18 bits per heavy atom. The molecule has 2 aromatic rings. The van der Waals surface area contributed by atoms with Crippen molar-refractivity contribution in [1.29, 1.82) is 0 Å². The van der Waals surface area contributed by atoms with Crippen molar-refractivity contribution in [1.82, 2.24) is 0 Å². The second-order valence-electron chi connectivity index (χ2n) is 3.70. The Bertz CT molecular complexity index is 553. The summed E-state index contributed by atoms with van der Waals surface area (Å²) < 4.78 is 0. The Kier molecular flexibility index (Phi) is 3.40. The molecule has 0 unspecified atom stereocenters. The van der Waals surface area contributed by atoms with Crippen molar-refractivity contribution >= 4 is 23.4 Å². The van der Waals surface area contributed by atoms with E-state index in [1.54, 1.807) is 24.3 Å². The fourth-order valence-corrected chi connectivity index (χ4v) is 2.48. The van der Waals surface area contributed by atoms with E-state index in [1.807, 2.05) is 42.5 Å². The Balaban J connectivity index is 2.29. The first-order valence-electron chi connectivity index (χ1n) is 5.23. The standard InChI is InChI=1S/C14H12O2S/c1-10(14(15)16)9-12-7-8-13(17-12)11-5-3-2-4-6-11/h2-9H,1H3,(H,15,16)/b10-9+. The van der Waals surface area contributed by atoms with Crippen molar-refractivity contribution in [2.45, 2.75) is 6.92 Å². The summed E-state index contributed by atoms with van der Waals surface area (Å²) >= 11 is 1.59. The fourth-order valence-electron chi connectivity index (χ4n) is 1.46. The van der Waals surface area contributed by atoms with Crippen LogP contribution in [0.1, 0.15) is 11.8 Å². The predicted octanol–water partition coefficient (Wildman–Crippen LogP) is 3.90. The van der Waals surface area contributed by atoms with E-state index in [9.17, 15) is 4.79 Å². The summed E-state index contributed by atoms with van der Waals surface area (Å²) in [5, 5.41) is 8.80. The highest BCUT2D eigenvalue weighted by Crippen LogP contribution is 2.29. The van der Waals surface area contributed by atoms with Crippen molar-refractivity contribution in [2.75, 3.05) is 0 Å². The summed E-state index contributed by atoms with van der Waals surface area (Å²) in [6.45, 7) is 1.60. The SMILES string of the molecule is C/C(=C\c1ccc(-c2ccccc2)s1)C(=O)O. The molecular formula is C14H12O2S. The summed E-state index contributed by atoms with van der Waals surface area (Å²) in [6.07, 6.45) is 1.69. The molecule has 0 aliphatic carbocycles. The summed E-state index contributed by atoms with van der Waals surface area (Å²) in [5.41, 5.74) is 1.51. The van der Waals surface area contributed by atoms with E-state index >= 15 is 0 Å². The van der Waals surface area contributed by atoms with Crippen LogP contribution >= 0.6 is 11.3 Å². The third-order valence-corrected chi connectivity index (χ3v) is 3.46. The zero-order valence-corrected chi connectivity index (χ0v) is 10.2. The van der Waals surface area contributed by atoms with Gasteiger partial charge < -0.3 is 5.11 Å². The van der Waals surface area contributed by atoms with Crippen LogP contribution in [0.4, 0.5) is 0 Å². The normalized spacial score (nSPS) is 11.5. The average molecular weight is 244 g/mol. The van der Waals surface area contributed by atoms with Gasteiger partial charge >= 0.3 is 5.97 Å². The maximum atomic E-state index is 10.7. The molecule has 0 spiro atoms. The van der Waals surface area contributed by atoms with E-state index in [-0.39, 0.29) is 0 Å². The van der Waals surface area contributed by atoms with Gasteiger partial charge in [0, 0.05) is 15.3 Å². The van der Waals surface area contributed by atoms with Crippen LogP contribution in [0.25, 0.3) is 16.5 Å². The molecule has 0 saturated heterocycles. The summed E-state index contributed by atoms with van der Waals surface area (Å²) in [5.74, 6) is -0.875. The van der Waals surface area contributed by atoms with Gasteiger partial charge in [0.1, 0.15) is 0 Å². The topological polar surface area (TPSA) is 37.3 Å². The first-order chi connectivity index (χ1) is 8.16. The Hall–Kier alpha value is -1.87. The molecular weight excluding hydrogens is 232 g/mol. The number of rotatable bonds is 3. The van der Waals surface area contributed by atoms with Gasteiger partial charge in [-0.15, -0.1) is 11.3 Å². The van der Waals surface area contributed by atoms with Crippen molar-refractivity contribution in [3.05, 3.63) is 52.9 Å². The molecule has 0 amide bonds. The zero-order valence-electron chi connectivity index (χ0n) is 9.38. The maximum Gasteiger partial charge on any atom is 0.331 e. The van der Waals surface area contributed by atoms with Gasteiger partial charge in [-0.1, -0.05) is 30.3 Å². The minimum Gasteiger partial charge on any atom is -0.478 e. The lowest BCUT2D eigenvalue weighted by Gasteiger charge is -1.94. The lowest BCUT2D eigenvalue weighted by Crippen LogP contribution is -1.94. The number of carbonyl (C=O) groups is 1. The van der Waals surface area contributed by atoms with Gasteiger partial charge in [0.05, 0.1) is 0 Å². The van der Waals surface area contributed by atoms with Crippen LogP contribution in [0.2, 0.25) is 0 Å². The molecule has 86 valence electrons. The molecule has 2 nitrogen and oxygen atoms in total. The van der Waals surface area contributed by atoms with E-state index in [0.29, 0.717) is 5.57 Å². The first-order valence-corrected chi connectivity index (χ1v) is 6.05. The Morgan fingerprint density at radius 3 is 2.53 bits per heavy atom. The second kappa shape index (κ2) is 4.97. The molecule has 1 aromatic carbocycles. The summed E-state index contributed by atoms with van der Waals surface area (Å²) in [6, 6.07) is 14.0. The van der Waals surface area contributed by atoms with E-state index in [4.69, 9.17) is 5.11 Å². The highest BCUT2D eigenvalue weighted by atomic mass is 32.1. The van der Waals surface area contributed by atoms with Gasteiger partial charge in [0.25, 0.3) is 0 Å². The molecule has 0 aliphatic heterocycles. The minimum absolute atomic E-state index is 0.353. The summed E-state index contributed by atoms with van der Waals surface area (Å²) in [4.78, 5) is 12.8. The van der Waals surface area contributed by atoms with Crippen LogP contribution < -0.4 is 0 Å². The number of aliphatic carboxylic acids is 1. The number of thiophene rings is 1. The molecule has 0 radical (unpaired) electrons. The van der Waals surface area contributed by atoms with Crippen LogP contribution in [0.5, 0.6) is 0 Å². The molecule has 0 saturated carbocycles. The lowest BCUT2D eigenvalue weighted by atomic mass is 10.2. The molecule has 1 N–H and O–H groups in total. The molecule has 17 heavy (non-hydrogen) atoms. The molecule has 1 aromatic heterocycles. The van der Waals surface area contributed by atoms with Crippen LogP contribution in [-0.2, 0) is 4.79 Å². The smallest absolute Gasteiger partial charge is 0.331 e. The van der Waals surface area contributed by atoms with Crippen LogP contribution in [0.3, 0.4) is 0 Å². The van der Waals surface area contributed by atoms with Crippen LogP contribution in [-0.4, -0.2) is 11.1 Å². The number of carboxylic acid groups (broad SMARTS) is 1. The fraction of sp³-hybridized carbons (Fsp3) is 0.0714. The predicted molar refractivity (Wildman–Crippen MR) is 71.0 cm³/mol.